The van der Waals surface area contributed by atoms with Gasteiger partial charge in [0.05, 0.1) is 0 Å². The highest BCUT2D eigenvalue weighted by molar-refractivity contribution is 5.81. The van der Waals surface area contributed by atoms with Crippen molar-refractivity contribution >= 4 is 11.9 Å². The molecule has 25 heavy (non-hydrogen) atoms. The van der Waals surface area contributed by atoms with E-state index in [4.69, 9.17) is 0 Å². The summed E-state index contributed by atoms with van der Waals surface area (Å²) in [5.41, 5.74) is 0. The number of piperidine rings is 1. The van der Waals surface area contributed by atoms with E-state index in [9.17, 15) is 4.79 Å². The van der Waals surface area contributed by atoms with E-state index in [2.05, 4.69) is 55.1 Å². The number of likely N-dealkylation sites (tertiary alicyclic amines) is 1. The fraction of sp³-hybridized carbons (Fsp3) is 0.895. The summed E-state index contributed by atoms with van der Waals surface area (Å²) in [4.78, 5) is 21.1. The Kier molecular flexibility index (Phi) is 9.86. The average Bonchev–Trinajstić information content (AvgIpc) is 2.56. The standard InChI is InChI=1S/C19H39N5O/c1-15(2)23(16(3)4)14-12-22-19(20-6)21-11-10-18(25)24-13-8-7-9-17(24)5/h15-17H,7-14H2,1-6H3,(H2,20,21,22). The lowest BCUT2D eigenvalue weighted by Crippen LogP contribution is -2.46. The lowest BCUT2D eigenvalue weighted by atomic mass is 10.0. The zero-order chi connectivity index (χ0) is 18.8. The van der Waals surface area contributed by atoms with Crippen LogP contribution >= 0.6 is 0 Å². The zero-order valence-corrected chi connectivity index (χ0v) is 17.1. The van der Waals surface area contributed by atoms with Crippen molar-refractivity contribution in [3.05, 3.63) is 0 Å². The number of hydrogen-bond acceptors (Lipinski definition) is 3. The quantitative estimate of drug-likeness (QED) is 0.518. The van der Waals surface area contributed by atoms with Gasteiger partial charge in [-0.1, -0.05) is 0 Å². The Hall–Kier alpha value is -1.30. The zero-order valence-electron chi connectivity index (χ0n) is 17.1. The van der Waals surface area contributed by atoms with E-state index in [1.54, 1.807) is 7.05 Å². The Morgan fingerprint density at radius 3 is 2.36 bits per heavy atom. The molecule has 1 heterocycles. The first-order valence-electron chi connectivity index (χ1n) is 9.86. The highest BCUT2D eigenvalue weighted by atomic mass is 16.2. The molecule has 1 saturated heterocycles. The van der Waals surface area contributed by atoms with Gasteiger partial charge in [-0.05, 0) is 53.9 Å². The molecule has 0 aromatic carbocycles. The molecular weight excluding hydrogens is 314 g/mol. The first-order chi connectivity index (χ1) is 11.9. The SMILES string of the molecule is CN=C(NCCC(=O)N1CCCCC1C)NCCN(C(C)C)C(C)C. The number of guanidine groups is 1. The largest absolute Gasteiger partial charge is 0.356 e. The topological polar surface area (TPSA) is 60.0 Å². The summed E-state index contributed by atoms with van der Waals surface area (Å²) < 4.78 is 0. The second-order valence-corrected chi connectivity index (χ2v) is 7.53. The summed E-state index contributed by atoms with van der Waals surface area (Å²) in [6.45, 7) is 14.4. The lowest BCUT2D eigenvalue weighted by molar-refractivity contribution is -0.134. The van der Waals surface area contributed by atoms with Crippen LogP contribution in [0.15, 0.2) is 4.99 Å². The predicted molar refractivity (Wildman–Crippen MR) is 106 cm³/mol. The molecule has 0 spiro atoms. The van der Waals surface area contributed by atoms with E-state index in [0.717, 1.165) is 38.4 Å². The van der Waals surface area contributed by atoms with Crippen LogP contribution in [-0.2, 0) is 4.79 Å². The Morgan fingerprint density at radius 2 is 1.80 bits per heavy atom. The van der Waals surface area contributed by atoms with Gasteiger partial charge < -0.3 is 15.5 Å². The van der Waals surface area contributed by atoms with Gasteiger partial charge in [0, 0.05) is 57.8 Å². The molecule has 0 saturated carbocycles. The second-order valence-electron chi connectivity index (χ2n) is 7.53. The maximum atomic E-state index is 12.4. The van der Waals surface area contributed by atoms with Crippen LogP contribution in [0.4, 0.5) is 0 Å². The Balaban J connectivity index is 2.29. The van der Waals surface area contributed by atoms with Gasteiger partial charge in [-0.3, -0.25) is 14.7 Å². The maximum Gasteiger partial charge on any atom is 0.224 e. The van der Waals surface area contributed by atoms with Crippen molar-refractivity contribution < 1.29 is 4.79 Å². The summed E-state index contributed by atoms with van der Waals surface area (Å²) in [7, 11) is 1.77. The Labute approximate surface area is 154 Å². The van der Waals surface area contributed by atoms with Gasteiger partial charge in [-0.25, -0.2) is 0 Å². The molecule has 6 nitrogen and oxygen atoms in total. The third-order valence-electron chi connectivity index (χ3n) is 4.97. The molecule has 1 aliphatic rings. The van der Waals surface area contributed by atoms with Crippen molar-refractivity contribution in [3.8, 4) is 0 Å². The molecule has 1 aliphatic heterocycles. The molecule has 1 amide bonds. The highest BCUT2D eigenvalue weighted by Gasteiger charge is 2.22. The number of rotatable bonds is 8. The number of hydrogen-bond donors (Lipinski definition) is 2. The van der Waals surface area contributed by atoms with Crippen molar-refractivity contribution in [3.63, 3.8) is 0 Å². The van der Waals surface area contributed by atoms with Crippen LogP contribution in [0.25, 0.3) is 0 Å². The summed E-state index contributed by atoms with van der Waals surface area (Å²) in [5, 5.41) is 6.60. The maximum absolute atomic E-state index is 12.4. The summed E-state index contributed by atoms with van der Waals surface area (Å²) in [6, 6.07) is 1.44. The molecule has 1 fully saturated rings. The number of carbonyl (C=O) groups is 1. The van der Waals surface area contributed by atoms with Crippen LogP contribution in [0.1, 0.15) is 60.3 Å². The van der Waals surface area contributed by atoms with Crippen molar-refractivity contribution in [1.82, 2.24) is 20.4 Å². The van der Waals surface area contributed by atoms with E-state index >= 15 is 0 Å². The van der Waals surface area contributed by atoms with Crippen LogP contribution in [0, 0.1) is 0 Å². The number of nitrogens with one attached hydrogen (secondary N) is 2. The molecule has 1 unspecified atom stereocenters. The molecule has 1 rings (SSSR count). The first-order valence-corrected chi connectivity index (χ1v) is 9.86. The minimum absolute atomic E-state index is 0.251. The van der Waals surface area contributed by atoms with Gasteiger partial charge >= 0.3 is 0 Å². The molecular formula is C19H39N5O. The number of aliphatic imine (C=N–C) groups is 1. The fourth-order valence-electron chi connectivity index (χ4n) is 3.54. The third kappa shape index (κ3) is 7.63. The minimum atomic E-state index is 0.251. The highest BCUT2D eigenvalue weighted by Crippen LogP contribution is 2.16. The van der Waals surface area contributed by atoms with Crippen molar-refractivity contribution in [2.75, 3.05) is 33.2 Å². The van der Waals surface area contributed by atoms with E-state index in [-0.39, 0.29) is 5.91 Å². The van der Waals surface area contributed by atoms with Gasteiger partial charge in [0.15, 0.2) is 5.96 Å². The van der Waals surface area contributed by atoms with Gasteiger partial charge in [0.1, 0.15) is 0 Å². The molecule has 0 aromatic heterocycles. The van der Waals surface area contributed by atoms with Crippen LogP contribution in [0.3, 0.4) is 0 Å². The summed E-state index contributed by atoms with van der Waals surface area (Å²) >= 11 is 0. The monoisotopic (exact) mass is 353 g/mol. The van der Waals surface area contributed by atoms with Crippen molar-refractivity contribution in [1.29, 1.82) is 0 Å². The van der Waals surface area contributed by atoms with Crippen molar-refractivity contribution in [2.45, 2.75) is 78.4 Å². The number of amides is 1. The van der Waals surface area contributed by atoms with Gasteiger partial charge in [-0.2, -0.15) is 0 Å². The lowest BCUT2D eigenvalue weighted by Gasteiger charge is -2.33. The number of nitrogens with zero attached hydrogens (tertiary/aromatic N) is 3. The van der Waals surface area contributed by atoms with Gasteiger partial charge in [-0.15, -0.1) is 0 Å². The minimum Gasteiger partial charge on any atom is -0.356 e. The Bertz CT molecular complexity index is 414. The predicted octanol–water partition coefficient (Wildman–Crippen LogP) is 2.06. The fourth-order valence-corrected chi connectivity index (χ4v) is 3.54. The van der Waals surface area contributed by atoms with Crippen LogP contribution in [0.2, 0.25) is 0 Å². The molecule has 0 aliphatic carbocycles. The van der Waals surface area contributed by atoms with Gasteiger partial charge in [0.25, 0.3) is 0 Å². The normalized spacial score (nSPS) is 19.0. The van der Waals surface area contributed by atoms with E-state index in [0.29, 0.717) is 31.1 Å². The molecule has 2 N–H and O–H groups in total. The summed E-state index contributed by atoms with van der Waals surface area (Å²) in [6.07, 6.45) is 4.03. The first kappa shape index (κ1) is 21.7. The molecule has 0 bridgehead atoms. The number of carbonyl (C=O) groups excluding carboxylic acids is 1. The smallest absolute Gasteiger partial charge is 0.224 e. The second kappa shape index (κ2) is 11.3. The molecule has 0 aromatic rings. The molecule has 146 valence electrons. The summed E-state index contributed by atoms with van der Waals surface area (Å²) in [5.74, 6) is 1.02. The Morgan fingerprint density at radius 1 is 1.16 bits per heavy atom. The molecule has 1 atom stereocenters. The van der Waals surface area contributed by atoms with Crippen LogP contribution < -0.4 is 10.6 Å². The van der Waals surface area contributed by atoms with E-state index in [1.807, 2.05) is 4.90 Å². The van der Waals surface area contributed by atoms with Crippen molar-refractivity contribution in [2.24, 2.45) is 4.99 Å². The van der Waals surface area contributed by atoms with E-state index in [1.165, 1.54) is 6.42 Å². The van der Waals surface area contributed by atoms with Crippen LogP contribution in [-0.4, -0.2) is 73.0 Å². The molecule has 0 radical (unpaired) electrons. The van der Waals surface area contributed by atoms with E-state index < -0.39 is 0 Å². The third-order valence-corrected chi connectivity index (χ3v) is 4.97. The van der Waals surface area contributed by atoms with Crippen LogP contribution in [0.5, 0.6) is 0 Å². The van der Waals surface area contributed by atoms with Gasteiger partial charge in [0.2, 0.25) is 5.91 Å². The average molecular weight is 354 g/mol. The molecule has 6 heteroatoms.